The van der Waals surface area contributed by atoms with Crippen molar-refractivity contribution in [1.29, 1.82) is 0 Å². The fourth-order valence-corrected chi connectivity index (χ4v) is 2.37. The van der Waals surface area contributed by atoms with Crippen LogP contribution in [0.15, 0.2) is 54.6 Å². The zero-order valence-electron chi connectivity index (χ0n) is 11.4. The summed E-state index contributed by atoms with van der Waals surface area (Å²) >= 11 is 6.10. The fourth-order valence-electron chi connectivity index (χ4n) is 2.18. The van der Waals surface area contributed by atoms with Crippen molar-refractivity contribution in [2.24, 2.45) is 0 Å². The number of hydrogen-bond acceptors (Lipinski definition) is 3. The average Bonchev–Trinajstić information content (AvgIpc) is 2.49. The number of para-hydroxylation sites is 1. The lowest BCUT2D eigenvalue weighted by Gasteiger charge is -2.09. The van der Waals surface area contributed by atoms with Crippen LogP contribution in [0.2, 0.25) is 5.02 Å². The van der Waals surface area contributed by atoms with Gasteiger partial charge in [0.2, 0.25) is 0 Å². The van der Waals surface area contributed by atoms with Gasteiger partial charge in [-0.2, -0.15) is 0 Å². The Hall–Kier alpha value is -2.10. The largest absolute Gasteiger partial charge is 0.383 e. The van der Waals surface area contributed by atoms with Gasteiger partial charge in [0.25, 0.3) is 0 Å². The molecule has 3 aromatic rings. The molecule has 0 saturated heterocycles. The third-order valence-corrected chi connectivity index (χ3v) is 3.68. The van der Waals surface area contributed by atoms with Gasteiger partial charge in [0, 0.05) is 16.0 Å². The maximum atomic E-state index is 6.10. The summed E-state index contributed by atoms with van der Waals surface area (Å²) in [4.78, 5) is 4.39. The highest BCUT2D eigenvalue weighted by atomic mass is 35.5. The number of aromatic nitrogens is 1. The summed E-state index contributed by atoms with van der Waals surface area (Å²) in [5, 5.41) is 1.77. The predicted molar refractivity (Wildman–Crippen MR) is 86.1 cm³/mol. The average molecular weight is 299 g/mol. The molecule has 0 amide bonds. The number of pyridine rings is 1. The molecule has 106 valence electrons. The van der Waals surface area contributed by atoms with Crippen LogP contribution in [-0.4, -0.2) is 4.98 Å². The van der Waals surface area contributed by atoms with Crippen molar-refractivity contribution >= 4 is 28.3 Å². The number of ether oxygens (including phenoxy) is 1. The third kappa shape index (κ3) is 3.15. The van der Waals surface area contributed by atoms with E-state index in [1.54, 1.807) is 0 Å². The predicted octanol–water partition coefficient (Wildman–Crippen LogP) is 4.19. The molecule has 0 aliphatic carbocycles. The van der Waals surface area contributed by atoms with Gasteiger partial charge in [-0.3, -0.25) is 0 Å². The first-order valence-corrected chi connectivity index (χ1v) is 7.07. The van der Waals surface area contributed by atoms with Crippen molar-refractivity contribution in [2.75, 3.05) is 5.73 Å². The van der Waals surface area contributed by atoms with Gasteiger partial charge in [0.15, 0.2) is 0 Å². The third-order valence-electron chi connectivity index (χ3n) is 3.31. The lowest BCUT2D eigenvalue weighted by Crippen LogP contribution is -2.01. The molecule has 1 heterocycles. The van der Waals surface area contributed by atoms with Crippen LogP contribution in [0.4, 0.5) is 5.82 Å². The first-order valence-electron chi connectivity index (χ1n) is 6.69. The second-order valence-corrected chi connectivity index (χ2v) is 5.22. The molecule has 21 heavy (non-hydrogen) atoms. The van der Waals surface area contributed by atoms with E-state index in [9.17, 15) is 0 Å². The van der Waals surface area contributed by atoms with Crippen LogP contribution in [0, 0.1) is 0 Å². The summed E-state index contributed by atoms with van der Waals surface area (Å²) in [6.07, 6.45) is 0. The first-order chi connectivity index (χ1) is 10.2. The van der Waals surface area contributed by atoms with E-state index in [2.05, 4.69) is 4.98 Å². The summed E-state index contributed by atoms with van der Waals surface area (Å²) in [5.74, 6) is 0.507. The molecule has 0 bridgehead atoms. The van der Waals surface area contributed by atoms with Gasteiger partial charge in [-0.1, -0.05) is 48.0 Å². The normalized spacial score (nSPS) is 10.9. The minimum Gasteiger partial charge on any atom is -0.383 e. The van der Waals surface area contributed by atoms with Crippen molar-refractivity contribution in [1.82, 2.24) is 4.98 Å². The molecule has 0 aliphatic rings. The highest BCUT2D eigenvalue weighted by Crippen LogP contribution is 2.20. The molecule has 2 N–H and O–H groups in total. The van der Waals surface area contributed by atoms with Crippen molar-refractivity contribution in [2.45, 2.75) is 13.2 Å². The topological polar surface area (TPSA) is 48.1 Å². The second-order valence-electron chi connectivity index (χ2n) is 4.81. The SMILES string of the molecule is Nc1nc2ccccc2cc1COCc1ccccc1Cl. The molecular weight excluding hydrogens is 284 g/mol. The molecule has 0 radical (unpaired) electrons. The molecule has 0 atom stereocenters. The standard InChI is InChI=1S/C17H15ClN2O/c18-15-7-3-1-6-13(15)10-21-11-14-9-12-5-2-4-8-16(12)20-17(14)19/h1-9H,10-11H2,(H2,19,20). The van der Waals surface area contributed by atoms with Gasteiger partial charge in [-0.05, 0) is 23.8 Å². The summed E-state index contributed by atoms with van der Waals surface area (Å²) in [5.41, 5.74) is 8.73. The number of nitrogens with two attached hydrogens (primary N) is 1. The van der Waals surface area contributed by atoms with Gasteiger partial charge < -0.3 is 10.5 Å². The van der Waals surface area contributed by atoms with E-state index in [-0.39, 0.29) is 0 Å². The van der Waals surface area contributed by atoms with E-state index in [1.807, 2.05) is 54.6 Å². The van der Waals surface area contributed by atoms with Gasteiger partial charge in [-0.25, -0.2) is 4.98 Å². The fraction of sp³-hybridized carbons (Fsp3) is 0.118. The number of halogens is 1. The van der Waals surface area contributed by atoms with Crippen molar-refractivity contribution < 1.29 is 4.74 Å². The van der Waals surface area contributed by atoms with Crippen molar-refractivity contribution in [3.63, 3.8) is 0 Å². The van der Waals surface area contributed by atoms with Gasteiger partial charge in [0.05, 0.1) is 18.7 Å². The number of nitrogens with zero attached hydrogens (tertiary/aromatic N) is 1. The zero-order chi connectivity index (χ0) is 14.7. The van der Waals surface area contributed by atoms with E-state index in [0.29, 0.717) is 24.1 Å². The molecule has 1 aromatic heterocycles. The Morgan fingerprint density at radius 3 is 2.52 bits per heavy atom. The number of anilines is 1. The number of rotatable bonds is 4. The lowest BCUT2D eigenvalue weighted by molar-refractivity contribution is 0.107. The number of benzene rings is 2. The minimum absolute atomic E-state index is 0.412. The van der Waals surface area contributed by atoms with Crippen LogP contribution in [0.1, 0.15) is 11.1 Å². The van der Waals surface area contributed by atoms with Gasteiger partial charge >= 0.3 is 0 Å². The van der Waals surface area contributed by atoms with Gasteiger partial charge in [-0.15, -0.1) is 0 Å². The molecule has 0 saturated carbocycles. The van der Waals surface area contributed by atoms with E-state index >= 15 is 0 Å². The van der Waals surface area contributed by atoms with Crippen LogP contribution in [0.25, 0.3) is 10.9 Å². The quantitative estimate of drug-likeness (QED) is 0.786. The number of nitrogen functional groups attached to an aromatic ring is 1. The van der Waals surface area contributed by atoms with Crippen LogP contribution in [0.3, 0.4) is 0 Å². The molecule has 3 rings (SSSR count). The molecule has 0 aliphatic heterocycles. The van der Waals surface area contributed by atoms with Gasteiger partial charge in [0.1, 0.15) is 5.82 Å². The van der Waals surface area contributed by atoms with Crippen LogP contribution < -0.4 is 5.73 Å². The van der Waals surface area contributed by atoms with Crippen molar-refractivity contribution in [3.05, 3.63) is 70.7 Å². The first kappa shape index (κ1) is 13.9. The van der Waals surface area contributed by atoms with E-state index in [1.165, 1.54) is 0 Å². The maximum Gasteiger partial charge on any atom is 0.129 e. The molecule has 2 aromatic carbocycles. The van der Waals surface area contributed by atoms with Crippen molar-refractivity contribution in [3.8, 4) is 0 Å². The zero-order valence-corrected chi connectivity index (χ0v) is 12.2. The molecule has 3 nitrogen and oxygen atoms in total. The van der Waals surface area contributed by atoms with E-state index in [0.717, 1.165) is 22.0 Å². The second kappa shape index (κ2) is 6.12. The monoisotopic (exact) mass is 298 g/mol. The minimum atomic E-state index is 0.412. The highest BCUT2D eigenvalue weighted by molar-refractivity contribution is 6.31. The van der Waals surface area contributed by atoms with Crippen LogP contribution in [-0.2, 0) is 18.0 Å². The van der Waals surface area contributed by atoms with E-state index < -0.39 is 0 Å². The maximum absolute atomic E-state index is 6.10. The molecule has 0 fully saturated rings. The Bertz CT molecular complexity index is 774. The Morgan fingerprint density at radius 2 is 1.67 bits per heavy atom. The van der Waals surface area contributed by atoms with E-state index in [4.69, 9.17) is 22.1 Å². The summed E-state index contributed by atoms with van der Waals surface area (Å²) in [6.45, 7) is 0.862. The number of fused-ring (bicyclic) bond motifs is 1. The summed E-state index contributed by atoms with van der Waals surface area (Å²) < 4.78 is 5.71. The van der Waals surface area contributed by atoms with Crippen LogP contribution >= 0.6 is 11.6 Å². The molecule has 0 unspecified atom stereocenters. The van der Waals surface area contributed by atoms with Crippen LogP contribution in [0.5, 0.6) is 0 Å². The lowest BCUT2D eigenvalue weighted by atomic mass is 10.1. The Balaban J connectivity index is 1.73. The summed E-state index contributed by atoms with van der Waals surface area (Å²) in [7, 11) is 0. The molecular formula is C17H15ClN2O. The molecule has 4 heteroatoms. The highest BCUT2D eigenvalue weighted by Gasteiger charge is 2.05. The Morgan fingerprint density at radius 1 is 0.952 bits per heavy atom. The Labute approximate surface area is 128 Å². The summed E-state index contributed by atoms with van der Waals surface area (Å²) in [6, 6.07) is 17.5. The Kier molecular flexibility index (Phi) is 4.04. The number of hydrogen-bond donors (Lipinski definition) is 1. The smallest absolute Gasteiger partial charge is 0.129 e. The molecule has 0 spiro atoms.